The number of carbonyl (C=O) groups excluding carboxylic acids is 2. The van der Waals surface area contributed by atoms with Crippen LogP contribution >= 0.6 is 0 Å². The standard InChI is InChI=1S/C19H19NO6/c1-19(2,3)26-17(21)15-11-14(20-23)9-10-16(15)25-18(22)24-12-13-7-5-4-6-8-13/h4-11H,12H2,1-3H3. The van der Waals surface area contributed by atoms with Crippen molar-refractivity contribution in [2.24, 2.45) is 5.18 Å². The third kappa shape index (κ3) is 5.70. The van der Waals surface area contributed by atoms with Crippen LogP contribution in [0.3, 0.4) is 0 Å². The zero-order chi connectivity index (χ0) is 19.2. The summed E-state index contributed by atoms with van der Waals surface area (Å²) in [4.78, 5) is 35.0. The largest absolute Gasteiger partial charge is 0.514 e. The Hall–Kier alpha value is -3.22. The second-order valence-electron chi connectivity index (χ2n) is 6.40. The minimum Gasteiger partial charge on any atom is -0.456 e. The zero-order valence-corrected chi connectivity index (χ0v) is 14.7. The summed E-state index contributed by atoms with van der Waals surface area (Å²) in [5.74, 6) is -0.821. The van der Waals surface area contributed by atoms with E-state index in [1.807, 2.05) is 18.2 Å². The average molecular weight is 357 g/mol. The molecule has 2 rings (SSSR count). The Morgan fingerprint density at radius 3 is 2.35 bits per heavy atom. The molecule has 2 aromatic rings. The molecular formula is C19H19NO6. The van der Waals surface area contributed by atoms with Gasteiger partial charge in [0.15, 0.2) is 0 Å². The van der Waals surface area contributed by atoms with Gasteiger partial charge in [-0.3, -0.25) is 0 Å². The van der Waals surface area contributed by atoms with E-state index in [9.17, 15) is 14.5 Å². The van der Waals surface area contributed by atoms with E-state index in [0.29, 0.717) is 0 Å². The number of rotatable bonds is 5. The maximum atomic E-state index is 12.3. The molecule has 0 radical (unpaired) electrons. The molecular weight excluding hydrogens is 338 g/mol. The van der Waals surface area contributed by atoms with Crippen LogP contribution in [0.5, 0.6) is 5.75 Å². The van der Waals surface area contributed by atoms with Crippen molar-refractivity contribution in [3.8, 4) is 5.75 Å². The van der Waals surface area contributed by atoms with Gasteiger partial charge in [0, 0.05) is 0 Å². The number of ether oxygens (including phenoxy) is 3. The fourth-order valence-electron chi connectivity index (χ4n) is 1.99. The molecule has 0 N–H and O–H groups in total. The van der Waals surface area contributed by atoms with Gasteiger partial charge in [0.25, 0.3) is 0 Å². The van der Waals surface area contributed by atoms with Crippen LogP contribution in [0.25, 0.3) is 0 Å². The molecule has 136 valence electrons. The van der Waals surface area contributed by atoms with E-state index in [0.717, 1.165) is 5.56 Å². The molecule has 7 nitrogen and oxygen atoms in total. The monoisotopic (exact) mass is 357 g/mol. The van der Waals surface area contributed by atoms with Crippen molar-refractivity contribution >= 4 is 17.8 Å². The molecule has 0 saturated carbocycles. The molecule has 0 aliphatic rings. The molecule has 0 fully saturated rings. The number of nitrogens with zero attached hydrogens (tertiary/aromatic N) is 1. The van der Waals surface area contributed by atoms with E-state index < -0.39 is 17.7 Å². The second kappa shape index (κ2) is 8.24. The Bertz CT molecular complexity index is 795. The van der Waals surface area contributed by atoms with Crippen LogP contribution in [0.1, 0.15) is 36.7 Å². The highest BCUT2D eigenvalue weighted by atomic mass is 16.7. The fourth-order valence-corrected chi connectivity index (χ4v) is 1.99. The minimum atomic E-state index is -0.981. The molecule has 0 atom stereocenters. The van der Waals surface area contributed by atoms with Crippen molar-refractivity contribution < 1.29 is 23.8 Å². The summed E-state index contributed by atoms with van der Waals surface area (Å²) in [6.45, 7) is 5.11. The Balaban J connectivity index is 2.13. The summed E-state index contributed by atoms with van der Waals surface area (Å²) < 4.78 is 15.4. The van der Waals surface area contributed by atoms with Crippen molar-refractivity contribution in [3.05, 3.63) is 64.6 Å². The van der Waals surface area contributed by atoms with E-state index in [1.165, 1.54) is 18.2 Å². The highest BCUT2D eigenvalue weighted by Gasteiger charge is 2.23. The van der Waals surface area contributed by atoms with Crippen LogP contribution < -0.4 is 4.74 Å². The summed E-state index contributed by atoms with van der Waals surface area (Å²) in [6, 6.07) is 12.9. The number of benzene rings is 2. The van der Waals surface area contributed by atoms with E-state index >= 15 is 0 Å². The van der Waals surface area contributed by atoms with E-state index in [2.05, 4.69) is 5.18 Å². The zero-order valence-electron chi connectivity index (χ0n) is 14.7. The molecule has 2 aromatic carbocycles. The lowest BCUT2D eigenvalue weighted by Crippen LogP contribution is -2.24. The van der Waals surface area contributed by atoms with Crippen LogP contribution in [0, 0.1) is 4.91 Å². The van der Waals surface area contributed by atoms with E-state index in [1.54, 1.807) is 32.9 Å². The van der Waals surface area contributed by atoms with E-state index in [-0.39, 0.29) is 23.6 Å². The Morgan fingerprint density at radius 1 is 1.04 bits per heavy atom. The van der Waals surface area contributed by atoms with Gasteiger partial charge in [-0.25, -0.2) is 9.59 Å². The van der Waals surface area contributed by atoms with Gasteiger partial charge in [-0.1, -0.05) is 30.3 Å². The number of carbonyl (C=O) groups is 2. The lowest BCUT2D eigenvalue weighted by atomic mass is 10.1. The summed E-state index contributed by atoms with van der Waals surface area (Å²) in [7, 11) is 0. The topological polar surface area (TPSA) is 91.3 Å². The highest BCUT2D eigenvalue weighted by molar-refractivity contribution is 5.94. The number of nitroso groups, excluding NO2 is 1. The van der Waals surface area contributed by atoms with Gasteiger partial charge < -0.3 is 14.2 Å². The van der Waals surface area contributed by atoms with Gasteiger partial charge in [0.1, 0.15) is 29.2 Å². The van der Waals surface area contributed by atoms with Gasteiger partial charge in [0.05, 0.1) is 0 Å². The first-order valence-electron chi connectivity index (χ1n) is 7.88. The first kappa shape index (κ1) is 19.1. The van der Waals surface area contributed by atoms with Crippen molar-refractivity contribution in [3.63, 3.8) is 0 Å². The van der Waals surface area contributed by atoms with Gasteiger partial charge in [-0.05, 0) is 49.7 Å². The smallest absolute Gasteiger partial charge is 0.456 e. The molecule has 0 bridgehead atoms. The minimum absolute atomic E-state index is 0.0101. The highest BCUT2D eigenvalue weighted by Crippen LogP contribution is 2.27. The molecule has 0 unspecified atom stereocenters. The normalized spacial score (nSPS) is 10.7. The molecule has 0 amide bonds. The van der Waals surface area contributed by atoms with Crippen molar-refractivity contribution in [1.82, 2.24) is 0 Å². The molecule has 0 spiro atoms. The van der Waals surface area contributed by atoms with Crippen molar-refractivity contribution in [2.75, 3.05) is 0 Å². The number of hydrogen-bond acceptors (Lipinski definition) is 7. The molecule has 7 heteroatoms. The van der Waals surface area contributed by atoms with Crippen LogP contribution in [-0.2, 0) is 16.1 Å². The quantitative estimate of drug-likeness (QED) is 0.435. The Labute approximate surface area is 150 Å². The van der Waals surface area contributed by atoms with Gasteiger partial charge in [-0.15, -0.1) is 4.91 Å². The summed E-state index contributed by atoms with van der Waals surface area (Å²) >= 11 is 0. The first-order valence-corrected chi connectivity index (χ1v) is 7.88. The first-order chi connectivity index (χ1) is 12.3. The summed E-state index contributed by atoms with van der Waals surface area (Å²) in [6.07, 6.45) is -0.981. The van der Waals surface area contributed by atoms with Gasteiger partial charge in [0.2, 0.25) is 0 Å². The third-order valence-corrected chi connectivity index (χ3v) is 3.08. The van der Waals surface area contributed by atoms with Crippen LogP contribution in [0.4, 0.5) is 10.5 Å². The van der Waals surface area contributed by atoms with Crippen molar-refractivity contribution in [2.45, 2.75) is 33.0 Å². The molecule has 0 heterocycles. The van der Waals surface area contributed by atoms with Crippen molar-refractivity contribution in [1.29, 1.82) is 0 Å². The molecule has 0 aromatic heterocycles. The predicted octanol–water partition coefficient (Wildman–Crippen LogP) is 4.76. The molecule has 0 saturated heterocycles. The Kier molecular flexibility index (Phi) is 6.06. The van der Waals surface area contributed by atoms with Crippen LogP contribution in [0.15, 0.2) is 53.7 Å². The average Bonchev–Trinajstić information content (AvgIpc) is 2.59. The molecule has 0 aliphatic heterocycles. The maximum absolute atomic E-state index is 12.3. The number of hydrogen-bond donors (Lipinski definition) is 0. The lowest BCUT2D eigenvalue weighted by molar-refractivity contribution is 0.00662. The molecule has 26 heavy (non-hydrogen) atoms. The third-order valence-electron chi connectivity index (χ3n) is 3.08. The van der Waals surface area contributed by atoms with Gasteiger partial charge in [-0.2, -0.15) is 0 Å². The lowest BCUT2D eigenvalue weighted by Gasteiger charge is -2.20. The Morgan fingerprint density at radius 2 is 1.73 bits per heavy atom. The van der Waals surface area contributed by atoms with Crippen LogP contribution in [0.2, 0.25) is 0 Å². The SMILES string of the molecule is CC(C)(C)OC(=O)c1cc(N=O)ccc1OC(=O)OCc1ccccc1. The fraction of sp³-hybridized carbons (Fsp3) is 0.263. The summed E-state index contributed by atoms with van der Waals surface area (Å²) in [5, 5.41) is 2.78. The summed E-state index contributed by atoms with van der Waals surface area (Å²) in [5.41, 5.74) is -0.0471. The molecule has 0 aliphatic carbocycles. The van der Waals surface area contributed by atoms with E-state index in [4.69, 9.17) is 14.2 Å². The van der Waals surface area contributed by atoms with Crippen LogP contribution in [-0.4, -0.2) is 17.7 Å². The number of esters is 1. The second-order valence-corrected chi connectivity index (χ2v) is 6.40. The van der Waals surface area contributed by atoms with Gasteiger partial charge >= 0.3 is 12.1 Å². The maximum Gasteiger partial charge on any atom is 0.514 e. The predicted molar refractivity (Wildman–Crippen MR) is 94.3 cm³/mol.